The minimum atomic E-state index is 0.303. The highest BCUT2D eigenvalue weighted by Gasteiger charge is 2.18. The van der Waals surface area contributed by atoms with Crippen molar-refractivity contribution in [3.05, 3.63) is 46.3 Å². The molecule has 0 unspecified atom stereocenters. The Morgan fingerprint density at radius 1 is 1.24 bits per heavy atom. The molecule has 0 spiro atoms. The van der Waals surface area contributed by atoms with Crippen molar-refractivity contribution in [1.82, 2.24) is 9.97 Å². The first kappa shape index (κ1) is 14.3. The third-order valence-corrected chi connectivity index (χ3v) is 3.90. The highest BCUT2D eigenvalue weighted by molar-refractivity contribution is 9.10. The van der Waals surface area contributed by atoms with Gasteiger partial charge in [-0.3, -0.25) is 0 Å². The Morgan fingerprint density at radius 2 is 2.05 bits per heavy atom. The van der Waals surface area contributed by atoms with Gasteiger partial charge in [0.25, 0.3) is 0 Å². The highest BCUT2D eigenvalue weighted by Crippen LogP contribution is 2.27. The molecule has 0 saturated carbocycles. The minimum absolute atomic E-state index is 0.303. The Morgan fingerprint density at radius 3 is 2.86 bits per heavy atom. The summed E-state index contributed by atoms with van der Waals surface area (Å²) in [6.07, 6.45) is 0. The molecule has 1 aliphatic rings. The molecule has 2 aromatic rings. The first-order valence-electron chi connectivity index (χ1n) is 7.13. The van der Waals surface area contributed by atoms with Gasteiger partial charge >= 0.3 is 0 Å². The standard InChI is InChI=1S/C16H18BrN3O/c1-11(2)16-18-14(17)9-15(19-16)20-7-8-21-13-6-4-3-5-12(13)10-20/h3-6,9,11H,7-8,10H2,1-2H3. The SMILES string of the molecule is CC(C)c1nc(Br)cc(N2CCOc3ccccc3C2)n1. The average Bonchev–Trinajstić information content (AvgIpc) is 2.68. The summed E-state index contributed by atoms with van der Waals surface area (Å²) < 4.78 is 6.64. The van der Waals surface area contributed by atoms with Crippen molar-refractivity contribution in [2.45, 2.75) is 26.3 Å². The molecule has 4 nitrogen and oxygen atoms in total. The number of aromatic nitrogens is 2. The van der Waals surface area contributed by atoms with E-state index in [1.807, 2.05) is 24.3 Å². The summed E-state index contributed by atoms with van der Waals surface area (Å²) in [6, 6.07) is 10.1. The second kappa shape index (κ2) is 6.02. The summed E-state index contributed by atoms with van der Waals surface area (Å²) in [5.41, 5.74) is 1.19. The molecule has 0 bridgehead atoms. The molecule has 1 aromatic carbocycles. The molecule has 0 saturated heterocycles. The molecule has 0 amide bonds. The van der Waals surface area contributed by atoms with Crippen LogP contribution >= 0.6 is 15.9 Å². The van der Waals surface area contributed by atoms with Gasteiger partial charge in [-0.1, -0.05) is 32.0 Å². The lowest BCUT2D eigenvalue weighted by Gasteiger charge is -2.22. The van der Waals surface area contributed by atoms with Crippen molar-refractivity contribution >= 4 is 21.7 Å². The molecule has 2 heterocycles. The number of rotatable bonds is 2. The summed E-state index contributed by atoms with van der Waals surface area (Å²) in [4.78, 5) is 11.4. The van der Waals surface area contributed by atoms with Crippen molar-refractivity contribution < 1.29 is 4.74 Å². The van der Waals surface area contributed by atoms with Gasteiger partial charge in [0.15, 0.2) is 0 Å². The van der Waals surface area contributed by atoms with Gasteiger partial charge in [0.2, 0.25) is 0 Å². The van der Waals surface area contributed by atoms with E-state index in [0.29, 0.717) is 12.5 Å². The predicted octanol–water partition coefficient (Wildman–Crippen LogP) is 3.76. The molecule has 0 aliphatic carbocycles. The summed E-state index contributed by atoms with van der Waals surface area (Å²) >= 11 is 3.49. The van der Waals surface area contributed by atoms with Gasteiger partial charge in [-0.25, -0.2) is 9.97 Å². The molecule has 5 heteroatoms. The average molecular weight is 348 g/mol. The van der Waals surface area contributed by atoms with Gasteiger partial charge in [0, 0.05) is 24.1 Å². The van der Waals surface area contributed by atoms with Crippen molar-refractivity contribution in [3.63, 3.8) is 0 Å². The lowest BCUT2D eigenvalue weighted by atomic mass is 10.2. The maximum absolute atomic E-state index is 5.81. The fourth-order valence-electron chi connectivity index (χ4n) is 2.36. The zero-order valence-corrected chi connectivity index (χ0v) is 13.8. The van der Waals surface area contributed by atoms with Crippen LogP contribution in [0.15, 0.2) is 34.9 Å². The zero-order valence-electron chi connectivity index (χ0n) is 12.2. The van der Waals surface area contributed by atoms with E-state index in [9.17, 15) is 0 Å². The molecule has 0 fully saturated rings. The van der Waals surface area contributed by atoms with Crippen LogP contribution in [0.5, 0.6) is 5.75 Å². The van der Waals surface area contributed by atoms with E-state index in [1.165, 1.54) is 5.56 Å². The lowest BCUT2D eigenvalue weighted by Crippen LogP contribution is -2.26. The van der Waals surface area contributed by atoms with Crippen LogP contribution in [0.4, 0.5) is 5.82 Å². The van der Waals surface area contributed by atoms with Crippen molar-refractivity contribution in [2.75, 3.05) is 18.1 Å². The molecule has 0 N–H and O–H groups in total. The molecule has 21 heavy (non-hydrogen) atoms. The van der Waals surface area contributed by atoms with E-state index in [-0.39, 0.29) is 0 Å². The van der Waals surface area contributed by atoms with E-state index in [0.717, 1.165) is 35.1 Å². The first-order chi connectivity index (χ1) is 10.1. The first-order valence-corrected chi connectivity index (χ1v) is 7.93. The van der Waals surface area contributed by atoms with E-state index in [1.54, 1.807) is 0 Å². The van der Waals surface area contributed by atoms with Crippen LogP contribution in [-0.2, 0) is 6.54 Å². The predicted molar refractivity (Wildman–Crippen MR) is 86.8 cm³/mol. The van der Waals surface area contributed by atoms with Crippen LogP contribution in [0.25, 0.3) is 0 Å². The van der Waals surface area contributed by atoms with Gasteiger partial charge < -0.3 is 9.64 Å². The Labute approximate surface area is 133 Å². The monoisotopic (exact) mass is 347 g/mol. The number of anilines is 1. The smallest absolute Gasteiger partial charge is 0.134 e. The van der Waals surface area contributed by atoms with Crippen molar-refractivity contribution in [2.24, 2.45) is 0 Å². The fraction of sp³-hybridized carbons (Fsp3) is 0.375. The van der Waals surface area contributed by atoms with Crippen molar-refractivity contribution in [3.8, 4) is 5.75 Å². The topological polar surface area (TPSA) is 38.2 Å². The minimum Gasteiger partial charge on any atom is -0.491 e. The number of fused-ring (bicyclic) bond motifs is 1. The number of ether oxygens (including phenoxy) is 1. The van der Waals surface area contributed by atoms with Gasteiger partial charge in [0.05, 0.1) is 6.54 Å². The number of para-hydroxylation sites is 1. The van der Waals surface area contributed by atoms with Gasteiger partial charge in [-0.2, -0.15) is 0 Å². The Kier molecular flexibility index (Phi) is 4.10. The van der Waals surface area contributed by atoms with Crippen LogP contribution < -0.4 is 9.64 Å². The molecule has 3 rings (SSSR count). The van der Waals surface area contributed by atoms with Gasteiger partial charge in [-0.05, 0) is 22.0 Å². The van der Waals surface area contributed by atoms with E-state index >= 15 is 0 Å². The van der Waals surface area contributed by atoms with Gasteiger partial charge in [-0.15, -0.1) is 0 Å². The largest absolute Gasteiger partial charge is 0.491 e. The second-order valence-corrected chi connectivity index (χ2v) is 6.25. The number of hydrogen-bond donors (Lipinski definition) is 0. The number of benzene rings is 1. The summed E-state index contributed by atoms with van der Waals surface area (Å²) in [7, 11) is 0. The molecule has 0 radical (unpaired) electrons. The number of halogens is 1. The third-order valence-electron chi connectivity index (χ3n) is 3.49. The lowest BCUT2D eigenvalue weighted by molar-refractivity contribution is 0.331. The third kappa shape index (κ3) is 3.18. The molecular formula is C16H18BrN3O. The van der Waals surface area contributed by atoms with Crippen LogP contribution in [0.3, 0.4) is 0 Å². The van der Waals surface area contributed by atoms with Crippen molar-refractivity contribution in [1.29, 1.82) is 0 Å². The normalized spacial score (nSPS) is 14.6. The summed E-state index contributed by atoms with van der Waals surface area (Å²) in [6.45, 7) is 6.49. The molecule has 1 aromatic heterocycles. The summed E-state index contributed by atoms with van der Waals surface area (Å²) in [5, 5.41) is 0. The van der Waals surface area contributed by atoms with Crippen LogP contribution in [-0.4, -0.2) is 23.1 Å². The molecule has 1 aliphatic heterocycles. The van der Waals surface area contributed by atoms with Crippen LogP contribution in [0.2, 0.25) is 0 Å². The summed E-state index contributed by atoms with van der Waals surface area (Å²) in [5.74, 6) is 3.08. The maximum atomic E-state index is 5.81. The Hall–Kier alpha value is -1.62. The quantitative estimate of drug-likeness (QED) is 0.775. The molecule has 0 atom stereocenters. The fourth-order valence-corrected chi connectivity index (χ4v) is 2.75. The Bertz CT molecular complexity index is 645. The Balaban J connectivity index is 1.94. The number of nitrogens with zero attached hydrogens (tertiary/aromatic N) is 3. The van der Waals surface area contributed by atoms with E-state index in [2.05, 4.69) is 45.7 Å². The van der Waals surface area contributed by atoms with Crippen LogP contribution in [0, 0.1) is 0 Å². The van der Waals surface area contributed by atoms with E-state index < -0.39 is 0 Å². The second-order valence-electron chi connectivity index (χ2n) is 5.44. The molecular weight excluding hydrogens is 330 g/mol. The zero-order chi connectivity index (χ0) is 14.8. The highest BCUT2D eigenvalue weighted by atomic mass is 79.9. The number of hydrogen-bond acceptors (Lipinski definition) is 4. The molecule has 110 valence electrons. The maximum Gasteiger partial charge on any atom is 0.134 e. The van der Waals surface area contributed by atoms with Crippen LogP contribution in [0.1, 0.15) is 31.2 Å². The van der Waals surface area contributed by atoms with E-state index in [4.69, 9.17) is 9.72 Å². The van der Waals surface area contributed by atoms with Gasteiger partial charge in [0.1, 0.15) is 28.6 Å².